The number of ether oxygens (including phenoxy) is 1. The summed E-state index contributed by atoms with van der Waals surface area (Å²) in [5, 5.41) is 8.75. The SMILES string of the molecule is CCCOc1ccc(-c2nn(-c3ccccc3)cc2/C=N/NC(=O)CNS(=O)(=O)c2ccccc2)cc1. The van der Waals surface area contributed by atoms with Crippen molar-refractivity contribution < 1.29 is 17.9 Å². The molecule has 0 spiro atoms. The molecule has 2 N–H and O–H groups in total. The topological polar surface area (TPSA) is 115 Å². The van der Waals surface area contributed by atoms with E-state index >= 15 is 0 Å². The summed E-state index contributed by atoms with van der Waals surface area (Å²) in [6, 6.07) is 25.0. The van der Waals surface area contributed by atoms with Gasteiger partial charge in [-0.05, 0) is 55.0 Å². The fourth-order valence-corrected chi connectivity index (χ4v) is 4.41. The lowest BCUT2D eigenvalue weighted by atomic mass is 10.1. The van der Waals surface area contributed by atoms with E-state index in [1.807, 2.05) is 61.5 Å². The molecule has 0 radical (unpaired) electrons. The zero-order chi connectivity index (χ0) is 26.1. The number of rotatable bonds is 11. The second kappa shape index (κ2) is 12.1. The summed E-state index contributed by atoms with van der Waals surface area (Å²) in [5.74, 6) is 0.165. The van der Waals surface area contributed by atoms with Crippen LogP contribution in [0.5, 0.6) is 5.75 Å². The largest absolute Gasteiger partial charge is 0.494 e. The maximum absolute atomic E-state index is 12.3. The van der Waals surface area contributed by atoms with E-state index in [4.69, 9.17) is 9.84 Å². The van der Waals surface area contributed by atoms with Crippen LogP contribution in [-0.4, -0.2) is 43.5 Å². The summed E-state index contributed by atoms with van der Waals surface area (Å²) < 4.78 is 34.3. The molecule has 4 rings (SSSR count). The first-order valence-electron chi connectivity index (χ1n) is 11.7. The lowest BCUT2D eigenvalue weighted by Gasteiger charge is -2.06. The van der Waals surface area contributed by atoms with E-state index in [0.717, 1.165) is 23.4 Å². The molecule has 0 saturated heterocycles. The molecule has 4 aromatic rings. The zero-order valence-corrected chi connectivity index (χ0v) is 21.1. The van der Waals surface area contributed by atoms with Gasteiger partial charge in [-0.2, -0.15) is 10.2 Å². The number of sulfonamides is 1. The van der Waals surface area contributed by atoms with Crippen molar-refractivity contribution in [2.75, 3.05) is 13.2 Å². The molecule has 1 aromatic heterocycles. The minimum Gasteiger partial charge on any atom is -0.494 e. The van der Waals surface area contributed by atoms with Gasteiger partial charge in [0.1, 0.15) is 11.4 Å². The summed E-state index contributed by atoms with van der Waals surface area (Å²) in [6.07, 6.45) is 4.20. The average molecular weight is 518 g/mol. The maximum atomic E-state index is 12.3. The molecule has 37 heavy (non-hydrogen) atoms. The van der Waals surface area contributed by atoms with Crippen LogP contribution in [0, 0.1) is 0 Å². The standard InChI is InChI=1S/C27H27N5O4S/c1-2-17-36-24-15-13-21(14-16-24)27-22(20-32(31-27)23-9-5-3-6-10-23)18-28-30-26(33)19-29-37(34,35)25-11-7-4-8-12-25/h3-16,18,20,29H,2,17,19H2,1H3,(H,30,33)/b28-18+. The number of hydrazone groups is 1. The molecular formula is C27H27N5O4S. The van der Waals surface area contributed by atoms with E-state index in [1.165, 1.54) is 18.3 Å². The highest BCUT2D eigenvalue weighted by Gasteiger charge is 2.15. The van der Waals surface area contributed by atoms with Crippen molar-refractivity contribution in [3.63, 3.8) is 0 Å². The van der Waals surface area contributed by atoms with Gasteiger partial charge in [-0.15, -0.1) is 0 Å². The van der Waals surface area contributed by atoms with Crippen molar-refractivity contribution in [3.05, 3.63) is 96.7 Å². The lowest BCUT2D eigenvalue weighted by Crippen LogP contribution is -2.34. The summed E-state index contributed by atoms with van der Waals surface area (Å²) in [7, 11) is -3.80. The Hall–Kier alpha value is -4.28. The molecule has 0 aliphatic heterocycles. The van der Waals surface area contributed by atoms with Crippen LogP contribution >= 0.6 is 0 Å². The van der Waals surface area contributed by atoms with Crippen LogP contribution in [-0.2, 0) is 14.8 Å². The van der Waals surface area contributed by atoms with Gasteiger partial charge in [0.2, 0.25) is 10.0 Å². The molecule has 9 nitrogen and oxygen atoms in total. The number of hydrogen-bond donors (Lipinski definition) is 2. The number of hydrogen-bond acceptors (Lipinski definition) is 6. The van der Waals surface area contributed by atoms with E-state index in [0.29, 0.717) is 17.9 Å². The highest BCUT2D eigenvalue weighted by atomic mass is 32.2. The summed E-state index contributed by atoms with van der Waals surface area (Å²) in [4.78, 5) is 12.3. The average Bonchev–Trinajstić information content (AvgIpc) is 3.36. The van der Waals surface area contributed by atoms with Crippen molar-refractivity contribution in [3.8, 4) is 22.7 Å². The smallest absolute Gasteiger partial charge is 0.255 e. The second-order valence-electron chi connectivity index (χ2n) is 8.02. The van der Waals surface area contributed by atoms with Crippen molar-refractivity contribution in [1.29, 1.82) is 0 Å². The predicted molar refractivity (Wildman–Crippen MR) is 142 cm³/mol. The summed E-state index contributed by atoms with van der Waals surface area (Å²) in [5.41, 5.74) is 5.40. The Morgan fingerprint density at radius 1 is 1.00 bits per heavy atom. The van der Waals surface area contributed by atoms with Gasteiger partial charge >= 0.3 is 0 Å². The Kier molecular flexibility index (Phi) is 8.44. The van der Waals surface area contributed by atoms with Crippen LogP contribution in [0.15, 0.2) is 101 Å². The first-order valence-corrected chi connectivity index (χ1v) is 13.2. The van der Waals surface area contributed by atoms with E-state index in [2.05, 4.69) is 15.2 Å². The lowest BCUT2D eigenvalue weighted by molar-refractivity contribution is -0.119. The van der Waals surface area contributed by atoms with Gasteiger partial charge in [0, 0.05) is 17.3 Å². The Bertz CT molecular complexity index is 1450. The van der Waals surface area contributed by atoms with Gasteiger partial charge < -0.3 is 4.74 Å². The fourth-order valence-electron chi connectivity index (χ4n) is 3.40. The van der Waals surface area contributed by atoms with Gasteiger partial charge in [-0.1, -0.05) is 43.3 Å². The van der Waals surface area contributed by atoms with Crippen molar-refractivity contribution >= 4 is 22.1 Å². The quantitative estimate of drug-likeness (QED) is 0.232. The van der Waals surface area contributed by atoms with Crippen LogP contribution in [0.3, 0.4) is 0 Å². The number of para-hydroxylation sites is 1. The van der Waals surface area contributed by atoms with Crippen LogP contribution in [0.25, 0.3) is 16.9 Å². The van der Waals surface area contributed by atoms with Crippen LogP contribution in [0.1, 0.15) is 18.9 Å². The third-order valence-electron chi connectivity index (χ3n) is 5.23. The third-order valence-corrected chi connectivity index (χ3v) is 6.65. The van der Waals surface area contributed by atoms with Crippen LogP contribution in [0.4, 0.5) is 0 Å². The number of amides is 1. The van der Waals surface area contributed by atoms with Gasteiger partial charge in [-0.3, -0.25) is 4.79 Å². The molecule has 0 aliphatic rings. The predicted octanol–water partition coefficient (Wildman–Crippen LogP) is 3.76. The number of benzene rings is 3. The van der Waals surface area contributed by atoms with Crippen LogP contribution < -0.4 is 14.9 Å². The van der Waals surface area contributed by atoms with Crippen LogP contribution in [0.2, 0.25) is 0 Å². The van der Waals surface area contributed by atoms with E-state index in [9.17, 15) is 13.2 Å². The molecule has 0 fully saturated rings. The highest BCUT2D eigenvalue weighted by Crippen LogP contribution is 2.25. The van der Waals surface area contributed by atoms with Crippen molar-refractivity contribution in [2.45, 2.75) is 18.2 Å². The number of carbonyl (C=O) groups excluding carboxylic acids is 1. The Balaban J connectivity index is 1.49. The van der Waals surface area contributed by atoms with Crippen molar-refractivity contribution in [1.82, 2.24) is 19.9 Å². The number of nitrogens with zero attached hydrogens (tertiary/aromatic N) is 3. The second-order valence-corrected chi connectivity index (χ2v) is 9.78. The van der Waals surface area contributed by atoms with Gasteiger partial charge in [0.25, 0.3) is 5.91 Å². The monoisotopic (exact) mass is 517 g/mol. The van der Waals surface area contributed by atoms with E-state index < -0.39 is 22.5 Å². The number of aromatic nitrogens is 2. The van der Waals surface area contributed by atoms with E-state index in [1.54, 1.807) is 29.1 Å². The normalized spacial score (nSPS) is 11.5. The Labute approximate surface area is 215 Å². The number of carbonyl (C=O) groups is 1. The van der Waals surface area contributed by atoms with Gasteiger partial charge in [-0.25, -0.2) is 23.2 Å². The Morgan fingerprint density at radius 2 is 1.68 bits per heavy atom. The molecular weight excluding hydrogens is 490 g/mol. The number of nitrogens with one attached hydrogen (secondary N) is 2. The third kappa shape index (κ3) is 6.90. The minimum atomic E-state index is -3.80. The molecule has 0 saturated carbocycles. The molecule has 3 aromatic carbocycles. The first kappa shape index (κ1) is 25.8. The zero-order valence-electron chi connectivity index (χ0n) is 20.2. The highest BCUT2D eigenvalue weighted by molar-refractivity contribution is 7.89. The summed E-state index contributed by atoms with van der Waals surface area (Å²) >= 11 is 0. The molecule has 0 atom stereocenters. The summed E-state index contributed by atoms with van der Waals surface area (Å²) in [6.45, 7) is 2.23. The van der Waals surface area contributed by atoms with Crippen molar-refractivity contribution in [2.24, 2.45) is 5.10 Å². The van der Waals surface area contributed by atoms with Gasteiger partial charge in [0.15, 0.2) is 0 Å². The van der Waals surface area contributed by atoms with E-state index in [-0.39, 0.29) is 4.90 Å². The first-order chi connectivity index (χ1) is 18.0. The molecule has 190 valence electrons. The minimum absolute atomic E-state index is 0.0791. The molecule has 0 unspecified atom stereocenters. The maximum Gasteiger partial charge on any atom is 0.255 e. The van der Waals surface area contributed by atoms with Gasteiger partial charge in [0.05, 0.1) is 29.9 Å². The molecule has 0 bridgehead atoms. The molecule has 1 heterocycles. The molecule has 10 heteroatoms. The molecule has 0 aliphatic carbocycles. The Morgan fingerprint density at radius 3 is 2.35 bits per heavy atom. The molecule has 1 amide bonds. The fraction of sp³-hybridized carbons (Fsp3) is 0.148.